The maximum Gasteiger partial charge on any atom is 0.261 e. The van der Waals surface area contributed by atoms with Crippen LogP contribution in [-0.2, 0) is 18.6 Å². The van der Waals surface area contributed by atoms with E-state index in [0.29, 0.717) is 6.61 Å². The van der Waals surface area contributed by atoms with E-state index in [0.717, 1.165) is 0 Å². The van der Waals surface area contributed by atoms with Crippen molar-refractivity contribution in [1.82, 2.24) is 0 Å². The quantitative estimate of drug-likeness (QED) is 0.276. The van der Waals surface area contributed by atoms with Gasteiger partial charge in [-0.2, -0.15) is 0 Å². The third kappa shape index (κ3) is 4.60. The Kier molecular flexibility index (Phi) is 6.69. The molecular weight excluding hydrogens is 434 g/mol. The lowest BCUT2D eigenvalue weighted by atomic mass is 10.1. The van der Waals surface area contributed by atoms with Gasteiger partial charge in [0.05, 0.1) is 19.3 Å². The highest BCUT2D eigenvalue weighted by atomic mass is 28.4. The Balaban J connectivity index is 1.85. The van der Waals surface area contributed by atoms with E-state index in [-0.39, 0.29) is 23.8 Å². The highest BCUT2D eigenvalue weighted by Crippen LogP contribution is 2.42. The van der Waals surface area contributed by atoms with E-state index in [1.807, 2.05) is 26.0 Å². The van der Waals surface area contributed by atoms with Crippen LogP contribution in [0.3, 0.4) is 0 Å². The summed E-state index contributed by atoms with van der Waals surface area (Å²) in [5.74, 6) is -0.745. The Bertz CT molecular complexity index is 950. The molecule has 0 radical (unpaired) electrons. The van der Waals surface area contributed by atoms with E-state index >= 15 is 0 Å². The summed E-state index contributed by atoms with van der Waals surface area (Å²) in [6, 6.07) is 21.0. The van der Waals surface area contributed by atoms with Gasteiger partial charge in [-0.3, -0.25) is 0 Å². The summed E-state index contributed by atoms with van der Waals surface area (Å²) in [7, 11) is -2.85. The van der Waals surface area contributed by atoms with E-state index in [2.05, 4.69) is 79.3 Å². The molecule has 2 aromatic carbocycles. The maximum atomic E-state index is 8.99. The molecule has 7 nitrogen and oxygen atoms in total. The molecule has 0 saturated carbocycles. The van der Waals surface area contributed by atoms with E-state index in [9.17, 15) is 0 Å². The van der Waals surface area contributed by atoms with Crippen molar-refractivity contribution in [2.24, 2.45) is 5.11 Å². The minimum absolute atomic E-state index is 0.177. The van der Waals surface area contributed by atoms with Gasteiger partial charge in [0, 0.05) is 4.91 Å². The van der Waals surface area contributed by atoms with Gasteiger partial charge in [-0.25, -0.2) is 0 Å². The van der Waals surface area contributed by atoms with Crippen LogP contribution in [0.15, 0.2) is 65.8 Å². The topological polar surface area (TPSA) is 85.7 Å². The molecule has 2 aliphatic heterocycles. The van der Waals surface area contributed by atoms with E-state index in [4.69, 9.17) is 24.2 Å². The first-order valence-electron chi connectivity index (χ1n) is 11.4. The van der Waals surface area contributed by atoms with Crippen LogP contribution in [0, 0.1) is 0 Å². The fourth-order valence-corrected chi connectivity index (χ4v) is 9.74. The number of benzene rings is 2. The van der Waals surface area contributed by atoms with Crippen molar-refractivity contribution in [2.75, 3.05) is 13.2 Å². The second kappa shape index (κ2) is 9.22. The molecule has 0 unspecified atom stereocenters. The Hall–Kier alpha value is -2.19. The molecule has 2 aliphatic rings. The zero-order chi connectivity index (χ0) is 23.7. The first kappa shape index (κ1) is 23.9. The zero-order valence-electron chi connectivity index (χ0n) is 20.0. The first-order chi connectivity index (χ1) is 15.7. The Morgan fingerprint density at radius 2 is 1.64 bits per heavy atom. The molecule has 0 spiro atoms. The minimum Gasteiger partial charge on any atom is -0.399 e. The summed E-state index contributed by atoms with van der Waals surface area (Å²) in [6.07, 6.45) is -1.43. The van der Waals surface area contributed by atoms with Crippen LogP contribution < -0.4 is 10.4 Å². The largest absolute Gasteiger partial charge is 0.399 e. The minimum atomic E-state index is -2.85. The van der Waals surface area contributed by atoms with Gasteiger partial charge in [0.2, 0.25) is 0 Å². The fourth-order valence-electron chi connectivity index (χ4n) is 5.03. The third-order valence-electron chi connectivity index (χ3n) is 6.48. The van der Waals surface area contributed by atoms with Crippen molar-refractivity contribution in [3.8, 4) is 0 Å². The Morgan fingerprint density at radius 1 is 1.06 bits per heavy atom. The molecule has 4 rings (SSSR count). The van der Waals surface area contributed by atoms with Crippen LogP contribution in [0.1, 0.15) is 34.6 Å². The van der Waals surface area contributed by atoms with Crippen LogP contribution in [0.25, 0.3) is 10.4 Å². The van der Waals surface area contributed by atoms with Gasteiger partial charge in [-0.15, -0.1) is 0 Å². The molecule has 0 amide bonds. The molecule has 0 aromatic heterocycles. The smallest absolute Gasteiger partial charge is 0.261 e. The number of ether oxygens (including phenoxy) is 3. The van der Waals surface area contributed by atoms with Crippen LogP contribution in [0.5, 0.6) is 0 Å². The van der Waals surface area contributed by atoms with Crippen LogP contribution in [0.4, 0.5) is 0 Å². The standard InChI is InChI=1S/C25H33N3O4Si/c1-24(2,3)33(18-12-8-6-9-13-18,19-14-10-7-11-15-19)32-23-20(16-27-28-26)30-21-17-29-25(4,5)31-22(21)23/h6-15,20-23H,16-17H2,1-5H3/t20-,21+,22-,23-/m1/s1. The van der Waals surface area contributed by atoms with Crippen LogP contribution in [-0.4, -0.2) is 51.7 Å². The lowest BCUT2D eigenvalue weighted by Crippen LogP contribution is -2.69. The van der Waals surface area contributed by atoms with Gasteiger partial charge in [0.25, 0.3) is 8.32 Å². The molecule has 33 heavy (non-hydrogen) atoms. The molecule has 4 atom stereocenters. The maximum absolute atomic E-state index is 8.99. The summed E-state index contributed by atoms with van der Waals surface area (Å²) in [5, 5.41) is 6.00. The summed E-state index contributed by atoms with van der Waals surface area (Å²) < 4.78 is 25.9. The second-order valence-corrected chi connectivity index (χ2v) is 14.4. The van der Waals surface area contributed by atoms with Crippen molar-refractivity contribution in [3.63, 3.8) is 0 Å². The predicted molar refractivity (Wildman–Crippen MR) is 130 cm³/mol. The normalized spacial score (nSPS) is 26.9. The number of hydrogen-bond donors (Lipinski definition) is 0. The Morgan fingerprint density at radius 3 is 2.15 bits per heavy atom. The van der Waals surface area contributed by atoms with Gasteiger partial charge in [0.1, 0.15) is 18.3 Å². The molecular formula is C25H33N3O4Si. The van der Waals surface area contributed by atoms with Crippen LogP contribution >= 0.6 is 0 Å². The first-order valence-corrected chi connectivity index (χ1v) is 13.4. The molecule has 0 aliphatic carbocycles. The summed E-state index contributed by atoms with van der Waals surface area (Å²) >= 11 is 0. The van der Waals surface area contributed by atoms with E-state index in [1.54, 1.807) is 0 Å². The molecule has 2 saturated heterocycles. The average Bonchev–Trinajstić information content (AvgIpc) is 3.11. The summed E-state index contributed by atoms with van der Waals surface area (Å²) in [4.78, 5) is 2.97. The highest BCUT2D eigenvalue weighted by Gasteiger charge is 2.58. The van der Waals surface area contributed by atoms with Crippen LogP contribution in [0.2, 0.25) is 5.04 Å². The molecule has 2 fully saturated rings. The van der Waals surface area contributed by atoms with Crippen molar-refractivity contribution in [2.45, 2.75) is 69.9 Å². The summed E-state index contributed by atoms with van der Waals surface area (Å²) in [6.45, 7) is 11.1. The number of rotatable bonds is 6. The van der Waals surface area contributed by atoms with E-state index in [1.165, 1.54) is 10.4 Å². The summed E-state index contributed by atoms with van der Waals surface area (Å²) in [5.41, 5.74) is 8.99. The van der Waals surface area contributed by atoms with Crippen molar-refractivity contribution in [3.05, 3.63) is 71.1 Å². The second-order valence-electron chi connectivity index (χ2n) is 10.2. The average molecular weight is 468 g/mol. The lowest BCUT2D eigenvalue weighted by Gasteiger charge is -2.47. The van der Waals surface area contributed by atoms with Crippen molar-refractivity contribution in [1.29, 1.82) is 0 Å². The fraction of sp³-hybridized carbons (Fsp3) is 0.520. The number of hydrogen-bond acceptors (Lipinski definition) is 5. The van der Waals surface area contributed by atoms with Gasteiger partial charge < -0.3 is 18.6 Å². The Labute approximate surface area is 196 Å². The molecule has 0 N–H and O–H groups in total. The third-order valence-corrected chi connectivity index (χ3v) is 11.5. The van der Waals surface area contributed by atoms with Gasteiger partial charge in [0.15, 0.2) is 5.79 Å². The molecule has 0 bridgehead atoms. The van der Waals surface area contributed by atoms with Gasteiger partial charge >= 0.3 is 0 Å². The molecule has 176 valence electrons. The molecule has 8 heteroatoms. The monoisotopic (exact) mass is 467 g/mol. The molecule has 2 heterocycles. The number of fused-ring (bicyclic) bond motifs is 1. The SMILES string of the molecule is CC1(C)OC[C@@H]2O[C@H](CN=[N+]=[N-])[C@@H](O[Si](c3ccccc3)(c3ccccc3)C(C)(C)C)[C@@H]2O1. The zero-order valence-corrected chi connectivity index (χ0v) is 21.0. The number of azide groups is 1. The van der Waals surface area contributed by atoms with E-state index < -0.39 is 26.3 Å². The molecule has 2 aromatic rings. The lowest BCUT2D eigenvalue weighted by molar-refractivity contribution is -0.299. The van der Waals surface area contributed by atoms with Gasteiger partial charge in [-0.05, 0) is 34.8 Å². The van der Waals surface area contributed by atoms with Crippen molar-refractivity contribution >= 4 is 18.7 Å². The van der Waals surface area contributed by atoms with Gasteiger partial charge in [-0.1, -0.05) is 86.5 Å². The number of nitrogens with zero attached hydrogens (tertiary/aromatic N) is 3. The predicted octanol–water partition coefficient (Wildman–Crippen LogP) is 4.16. The van der Waals surface area contributed by atoms with Crippen molar-refractivity contribution < 1.29 is 18.6 Å². The highest BCUT2D eigenvalue weighted by molar-refractivity contribution is 6.99.